The van der Waals surface area contributed by atoms with Gasteiger partial charge in [-0.2, -0.15) is 0 Å². The highest BCUT2D eigenvalue weighted by Crippen LogP contribution is 2.03. The Morgan fingerprint density at radius 2 is 2.29 bits per heavy atom. The van der Waals surface area contributed by atoms with E-state index in [1.807, 2.05) is 0 Å². The van der Waals surface area contributed by atoms with Gasteiger partial charge in [0, 0.05) is 19.9 Å². The molecule has 1 unspecified atom stereocenters. The van der Waals surface area contributed by atoms with Gasteiger partial charge in [0.1, 0.15) is 11.7 Å². The molecule has 1 heterocycles. The van der Waals surface area contributed by atoms with Crippen LogP contribution in [0.4, 0.5) is 0 Å². The van der Waals surface area contributed by atoms with Crippen molar-refractivity contribution in [2.45, 2.75) is 19.5 Å². The van der Waals surface area contributed by atoms with E-state index in [1.54, 1.807) is 30.0 Å². The summed E-state index contributed by atoms with van der Waals surface area (Å²) in [6.07, 6.45) is 1.75. The van der Waals surface area contributed by atoms with Gasteiger partial charge in [-0.05, 0) is 19.1 Å². The number of carboxylic acids is 1. The second kappa shape index (κ2) is 6.05. The van der Waals surface area contributed by atoms with Crippen LogP contribution in [0, 0.1) is 0 Å². The molecular weight excluding hydrogens is 224 g/mol. The van der Waals surface area contributed by atoms with Crippen molar-refractivity contribution >= 4 is 11.9 Å². The Hall–Kier alpha value is -1.82. The lowest BCUT2D eigenvalue weighted by Crippen LogP contribution is -2.39. The Bertz CT molecular complexity index is 400. The summed E-state index contributed by atoms with van der Waals surface area (Å²) in [5.74, 6) is -1.46. The van der Waals surface area contributed by atoms with Crippen LogP contribution in [0.1, 0.15) is 17.4 Å². The minimum atomic E-state index is -1.06. The number of nitrogens with zero attached hydrogens (tertiary/aromatic N) is 1. The fourth-order valence-electron chi connectivity index (χ4n) is 1.34. The number of carboxylic acid groups (broad SMARTS) is 1. The molecule has 0 saturated heterocycles. The summed E-state index contributed by atoms with van der Waals surface area (Å²) in [5, 5.41) is 11.1. The lowest BCUT2D eigenvalue weighted by atomic mass is 10.3. The first kappa shape index (κ1) is 13.2. The van der Waals surface area contributed by atoms with E-state index in [4.69, 9.17) is 9.84 Å². The quantitative estimate of drug-likeness (QED) is 0.751. The number of rotatable bonds is 6. The summed E-state index contributed by atoms with van der Waals surface area (Å²) >= 11 is 0. The Morgan fingerprint density at radius 3 is 2.88 bits per heavy atom. The number of methoxy groups -OCH3 is 1. The molecule has 1 atom stereocenters. The summed E-state index contributed by atoms with van der Waals surface area (Å²) in [4.78, 5) is 22.4. The zero-order valence-corrected chi connectivity index (χ0v) is 9.84. The second-order valence-electron chi connectivity index (χ2n) is 3.61. The van der Waals surface area contributed by atoms with Crippen LogP contribution in [-0.2, 0) is 16.1 Å². The molecule has 17 heavy (non-hydrogen) atoms. The fraction of sp³-hybridized carbons (Fsp3) is 0.455. The number of ether oxygens (including phenoxy) is 1. The Kier molecular flexibility index (Phi) is 4.71. The first-order valence-corrected chi connectivity index (χ1v) is 5.24. The summed E-state index contributed by atoms with van der Waals surface area (Å²) < 4.78 is 6.64. The average molecular weight is 240 g/mol. The van der Waals surface area contributed by atoms with Gasteiger partial charge in [-0.25, -0.2) is 0 Å². The Morgan fingerprint density at radius 1 is 1.59 bits per heavy atom. The maximum absolute atomic E-state index is 11.8. The van der Waals surface area contributed by atoms with Crippen molar-refractivity contribution in [2.24, 2.45) is 0 Å². The highest BCUT2D eigenvalue weighted by molar-refractivity contribution is 5.95. The van der Waals surface area contributed by atoms with Crippen LogP contribution in [0.2, 0.25) is 0 Å². The minimum Gasteiger partial charge on any atom is -0.480 e. The van der Waals surface area contributed by atoms with E-state index >= 15 is 0 Å². The minimum absolute atomic E-state index is 0.402. The largest absolute Gasteiger partial charge is 0.480 e. The molecular formula is C11H16N2O4. The molecule has 0 spiro atoms. The smallest absolute Gasteiger partial charge is 0.325 e. The van der Waals surface area contributed by atoms with E-state index in [1.165, 1.54) is 6.92 Å². The molecule has 0 bridgehead atoms. The van der Waals surface area contributed by atoms with Gasteiger partial charge < -0.3 is 19.7 Å². The van der Waals surface area contributed by atoms with Gasteiger partial charge in [0.25, 0.3) is 5.91 Å². The number of carbonyl (C=O) groups excluding carboxylic acids is 1. The monoisotopic (exact) mass is 240 g/mol. The van der Waals surface area contributed by atoms with Crippen LogP contribution in [-0.4, -0.2) is 41.3 Å². The highest BCUT2D eigenvalue weighted by Gasteiger charge is 2.17. The molecule has 1 aromatic heterocycles. The summed E-state index contributed by atoms with van der Waals surface area (Å²) in [6.45, 7) is 2.46. The van der Waals surface area contributed by atoms with Crippen LogP contribution in [0.25, 0.3) is 0 Å². The van der Waals surface area contributed by atoms with Crippen LogP contribution in [0.15, 0.2) is 18.3 Å². The normalized spacial score (nSPS) is 12.1. The topological polar surface area (TPSA) is 80.6 Å². The molecule has 6 heteroatoms. The van der Waals surface area contributed by atoms with Gasteiger partial charge in [-0.15, -0.1) is 0 Å². The summed E-state index contributed by atoms with van der Waals surface area (Å²) in [6, 6.07) is 2.46. The number of nitrogens with one attached hydrogen (secondary N) is 1. The molecule has 0 aliphatic heterocycles. The summed E-state index contributed by atoms with van der Waals surface area (Å²) in [5.41, 5.74) is 0.426. The van der Waals surface area contributed by atoms with Crippen molar-refractivity contribution in [3.05, 3.63) is 24.0 Å². The Balaban J connectivity index is 2.68. The van der Waals surface area contributed by atoms with E-state index < -0.39 is 17.9 Å². The standard InChI is InChI=1S/C11H16N2O4/c1-8(11(15)16)12-10(14)9-4-3-5-13(9)6-7-17-2/h3-5,8H,6-7H2,1-2H3,(H,12,14)(H,15,16). The third-order valence-corrected chi connectivity index (χ3v) is 2.32. The number of hydrogen-bond donors (Lipinski definition) is 2. The zero-order chi connectivity index (χ0) is 12.8. The molecule has 0 aromatic carbocycles. The van der Waals surface area contributed by atoms with Gasteiger partial charge >= 0.3 is 5.97 Å². The van der Waals surface area contributed by atoms with E-state index in [2.05, 4.69) is 5.32 Å². The molecule has 1 rings (SSSR count). The van der Waals surface area contributed by atoms with Gasteiger partial charge in [0.15, 0.2) is 0 Å². The zero-order valence-electron chi connectivity index (χ0n) is 9.84. The van der Waals surface area contributed by atoms with Crippen molar-refractivity contribution in [2.75, 3.05) is 13.7 Å². The third kappa shape index (κ3) is 3.60. The van der Waals surface area contributed by atoms with Crippen molar-refractivity contribution in [3.8, 4) is 0 Å². The predicted octanol–water partition coefficient (Wildman–Crippen LogP) is 0.337. The molecule has 0 aliphatic rings. The number of hydrogen-bond acceptors (Lipinski definition) is 3. The van der Waals surface area contributed by atoms with Crippen molar-refractivity contribution in [1.29, 1.82) is 0 Å². The lowest BCUT2D eigenvalue weighted by molar-refractivity contribution is -0.138. The fourth-order valence-corrected chi connectivity index (χ4v) is 1.34. The molecule has 0 radical (unpaired) electrons. The molecule has 94 valence electrons. The molecule has 0 fully saturated rings. The number of aliphatic carboxylic acids is 1. The maximum atomic E-state index is 11.8. The number of amides is 1. The molecule has 2 N–H and O–H groups in total. The van der Waals surface area contributed by atoms with E-state index in [9.17, 15) is 9.59 Å². The highest BCUT2D eigenvalue weighted by atomic mass is 16.5. The predicted molar refractivity (Wildman–Crippen MR) is 60.9 cm³/mol. The van der Waals surface area contributed by atoms with Crippen molar-refractivity contribution in [3.63, 3.8) is 0 Å². The molecule has 0 saturated carbocycles. The number of carbonyl (C=O) groups is 2. The van der Waals surface area contributed by atoms with Crippen LogP contribution in [0.5, 0.6) is 0 Å². The molecule has 1 amide bonds. The lowest BCUT2D eigenvalue weighted by Gasteiger charge is -2.11. The van der Waals surface area contributed by atoms with E-state index in [0.717, 1.165) is 0 Å². The summed E-state index contributed by atoms with van der Waals surface area (Å²) in [7, 11) is 1.58. The van der Waals surface area contributed by atoms with Gasteiger partial charge in [0.2, 0.25) is 0 Å². The third-order valence-electron chi connectivity index (χ3n) is 2.32. The Labute approximate surface area is 99.2 Å². The van der Waals surface area contributed by atoms with Crippen molar-refractivity contribution in [1.82, 2.24) is 9.88 Å². The molecule has 0 aliphatic carbocycles. The molecule has 1 aromatic rings. The van der Waals surface area contributed by atoms with Crippen molar-refractivity contribution < 1.29 is 19.4 Å². The van der Waals surface area contributed by atoms with Crippen LogP contribution in [0.3, 0.4) is 0 Å². The number of aromatic nitrogens is 1. The van der Waals surface area contributed by atoms with E-state index in [-0.39, 0.29) is 0 Å². The van der Waals surface area contributed by atoms with Crippen LogP contribution >= 0.6 is 0 Å². The average Bonchev–Trinajstić information content (AvgIpc) is 2.74. The van der Waals surface area contributed by atoms with E-state index in [0.29, 0.717) is 18.8 Å². The van der Waals surface area contributed by atoms with Gasteiger partial charge in [-0.1, -0.05) is 0 Å². The first-order chi connectivity index (χ1) is 8.06. The first-order valence-electron chi connectivity index (χ1n) is 5.24. The van der Waals surface area contributed by atoms with Gasteiger partial charge in [-0.3, -0.25) is 9.59 Å². The van der Waals surface area contributed by atoms with Gasteiger partial charge in [0.05, 0.1) is 6.61 Å². The second-order valence-corrected chi connectivity index (χ2v) is 3.61. The molecule has 6 nitrogen and oxygen atoms in total. The SMILES string of the molecule is COCCn1cccc1C(=O)NC(C)C(=O)O. The maximum Gasteiger partial charge on any atom is 0.325 e. The van der Waals surface area contributed by atoms with Crippen LogP contribution < -0.4 is 5.32 Å².